The van der Waals surface area contributed by atoms with E-state index in [1.54, 1.807) is 30.3 Å². The van der Waals surface area contributed by atoms with Crippen LogP contribution in [-0.4, -0.2) is 41.8 Å². The summed E-state index contributed by atoms with van der Waals surface area (Å²) in [5.41, 5.74) is 1.43. The highest BCUT2D eigenvalue weighted by Crippen LogP contribution is 2.27. The molecule has 0 saturated carbocycles. The zero-order valence-electron chi connectivity index (χ0n) is 18.2. The Balaban J connectivity index is 1.54. The van der Waals surface area contributed by atoms with Crippen molar-refractivity contribution in [2.24, 2.45) is 0 Å². The lowest BCUT2D eigenvalue weighted by Crippen LogP contribution is -2.48. The molecule has 4 rings (SSSR count). The summed E-state index contributed by atoms with van der Waals surface area (Å²) in [4.78, 5) is 42.0. The number of halogens is 2. The molecule has 1 saturated heterocycles. The molecule has 0 spiro atoms. The smallest absolute Gasteiger partial charge is 0.261 e. The van der Waals surface area contributed by atoms with Gasteiger partial charge in [-0.15, -0.1) is 0 Å². The molecule has 1 fully saturated rings. The Hall–Kier alpha value is -2.91. The van der Waals surface area contributed by atoms with Crippen LogP contribution >= 0.6 is 34.2 Å². The van der Waals surface area contributed by atoms with E-state index < -0.39 is 11.9 Å². The maximum absolute atomic E-state index is 13.3. The Labute approximate surface area is 216 Å². The lowest BCUT2D eigenvalue weighted by molar-refractivity contribution is -0.140. The molecule has 1 atom stereocenters. The van der Waals surface area contributed by atoms with Crippen LogP contribution in [0.4, 0.5) is 5.69 Å². The summed E-state index contributed by atoms with van der Waals surface area (Å²) in [6, 6.07) is 22.6. The number of anilines is 1. The van der Waals surface area contributed by atoms with Gasteiger partial charge in [0.05, 0.1) is 12.1 Å². The van der Waals surface area contributed by atoms with Crippen molar-refractivity contribution >= 4 is 57.6 Å². The first-order chi connectivity index (χ1) is 16.4. The van der Waals surface area contributed by atoms with E-state index in [9.17, 15) is 14.4 Å². The summed E-state index contributed by atoms with van der Waals surface area (Å²) < 4.78 is 6.64. The molecule has 3 aromatic rings. The lowest BCUT2D eigenvalue weighted by atomic mass is 10.1. The average Bonchev–Trinajstić information content (AvgIpc) is 3.13. The molecule has 8 heteroatoms. The summed E-state index contributed by atoms with van der Waals surface area (Å²) >= 11 is 8.26. The average molecular weight is 589 g/mol. The van der Waals surface area contributed by atoms with E-state index in [2.05, 4.69) is 22.6 Å². The molecule has 174 valence electrons. The molecule has 1 unspecified atom stereocenters. The predicted molar refractivity (Wildman–Crippen MR) is 139 cm³/mol. The third-order valence-electron chi connectivity index (χ3n) is 5.54. The van der Waals surface area contributed by atoms with Crippen molar-refractivity contribution < 1.29 is 19.1 Å². The molecular formula is C26H22ClIN2O4. The highest BCUT2D eigenvalue weighted by atomic mass is 127. The van der Waals surface area contributed by atoms with E-state index in [4.69, 9.17) is 16.3 Å². The second kappa shape index (κ2) is 11.0. The van der Waals surface area contributed by atoms with Crippen molar-refractivity contribution in [1.82, 2.24) is 4.90 Å². The number of rotatable bonds is 8. The first kappa shape index (κ1) is 24.2. The fourth-order valence-electron chi connectivity index (χ4n) is 3.86. The Morgan fingerprint density at radius 2 is 1.76 bits per heavy atom. The normalized spacial score (nSPS) is 15.5. The van der Waals surface area contributed by atoms with E-state index >= 15 is 0 Å². The first-order valence-electron chi connectivity index (χ1n) is 10.8. The molecule has 1 heterocycles. The Kier molecular flexibility index (Phi) is 7.84. The van der Waals surface area contributed by atoms with Gasteiger partial charge in [-0.3, -0.25) is 14.4 Å². The van der Waals surface area contributed by atoms with Crippen molar-refractivity contribution in [1.29, 1.82) is 0 Å². The molecule has 1 aliphatic rings. The minimum Gasteiger partial charge on any atom is -0.484 e. The minimum atomic E-state index is -0.891. The highest BCUT2D eigenvalue weighted by molar-refractivity contribution is 14.1. The van der Waals surface area contributed by atoms with Crippen molar-refractivity contribution in [3.05, 3.63) is 93.0 Å². The largest absolute Gasteiger partial charge is 0.484 e. The maximum Gasteiger partial charge on any atom is 0.261 e. The highest BCUT2D eigenvalue weighted by Gasteiger charge is 2.44. The Morgan fingerprint density at radius 3 is 2.47 bits per heavy atom. The number of para-hydroxylation sites is 1. The summed E-state index contributed by atoms with van der Waals surface area (Å²) in [5, 5.41) is 0.597. The van der Waals surface area contributed by atoms with Gasteiger partial charge < -0.3 is 9.64 Å². The van der Waals surface area contributed by atoms with Crippen molar-refractivity contribution in [2.75, 3.05) is 18.1 Å². The molecule has 34 heavy (non-hydrogen) atoms. The zero-order valence-corrected chi connectivity index (χ0v) is 21.1. The number of nitrogens with zero attached hydrogens (tertiary/aromatic N) is 2. The van der Waals surface area contributed by atoms with Gasteiger partial charge in [-0.25, -0.2) is 4.90 Å². The number of ether oxygens (including phenoxy) is 1. The minimum absolute atomic E-state index is 0.0720. The summed E-state index contributed by atoms with van der Waals surface area (Å²) in [7, 11) is 0. The number of hydrogen-bond donors (Lipinski definition) is 0. The second-order valence-electron chi connectivity index (χ2n) is 7.83. The SMILES string of the molecule is O=C1CC(N(CCc2cccc(Cl)c2)C(=O)COc2ccccc2)C(=O)N1c1ccc(I)cc1. The van der Waals surface area contributed by atoms with Gasteiger partial charge in [0.1, 0.15) is 11.8 Å². The van der Waals surface area contributed by atoms with Gasteiger partial charge in [0, 0.05) is 15.1 Å². The zero-order chi connectivity index (χ0) is 24.1. The van der Waals surface area contributed by atoms with E-state index in [0.29, 0.717) is 22.9 Å². The number of carbonyl (C=O) groups excluding carboxylic acids is 3. The van der Waals surface area contributed by atoms with E-state index in [-0.39, 0.29) is 31.4 Å². The molecule has 0 bridgehead atoms. The van der Waals surface area contributed by atoms with Crippen molar-refractivity contribution in [3.8, 4) is 5.75 Å². The van der Waals surface area contributed by atoms with Crippen LogP contribution in [0.15, 0.2) is 78.9 Å². The van der Waals surface area contributed by atoms with Crippen LogP contribution in [0.2, 0.25) is 5.02 Å². The van der Waals surface area contributed by atoms with Gasteiger partial charge in [-0.2, -0.15) is 0 Å². The molecular weight excluding hydrogens is 567 g/mol. The maximum atomic E-state index is 13.3. The molecule has 3 amide bonds. The van der Waals surface area contributed by atoms with Gasteiger partial charge in [-0.1, -0.05) is 41.9 Å². The Bertz CT molecular complexity index is 1190. The molecule has 1 aliphatic heterocycles. The second-order valence-corrected chi connectivity index (χ2v) is 9.51. The van der Waals surface area contributed by atoms with Crippen LogP contribution in [0.1, 0.15) is 12.0 Å². The van der Waals surface area contributed by atoms with Gasteiger partial charge in [0.2, 0.25) is 5.91 Å². The number of imide groups is 1. The molecule has 3 aromatic carbocycles. The van der Waals surface area contributed by atoms with Crippen molar-refractivity contribution in [3.63, 3.8) is 0 Å². The standard InChI is InChI=1S/C26H22ClIN2O4/c27-19-6-4-5-18(15-19)13-14-29(25(32)17-34-22-7-2-1-3-8-22)23-16-24(31)30(26(23)33)21-11-9-20(28)10-12-21/h1-12,15,23H,13-14,16-17H2. The van der Waals surface area contributed by atoms with Crippen molar-refractivity contribution in [2.45, 2.75) is 18.9 Å². The molecule has 6 nitrogen and oxygen atoms in total. The molecule has 0 aromatic heterocycles. The Morgan fingerprint density at radius 1 is 1.03 bits per heavy atom. The van der Waals surface area contributed by atoms with Crippen LogP contribution < -0.4 is 9.64 Å². The summed E-state index contributed by atoms with van der Waals surface area (Å²) in [6.45, 7) is 0.0165. The predicted octanol–water partition coefficient (Wildman–Crippen LogP) is 4.73. The topological polar surface area (TPSA) is 66.9 Å². The van der Waals surface area contributed by atoms with Crippen LogP contribution in [0.3, 0.4) is 0 Å². The third kappa shape index (κ3) is 5.77. The van der Waals surface area contributed by atoms with Crippen LogP contribution in [0.5, 0.6) is 5.75 Å². The van der Waals surface area contributed by atoms with Gasteiger partial charge in [0.15, 0.2) is 6.61 Å². The van der Waals surface area contributed by atoms with Gasteiger partial charge >= 0.3 is 0 Å². The van der Waals surface area contributed by atoms with Crippen LogP contribution in [0, 0.1) is 3.57 Å². The number of hydrogen-bond acceptors (Lipinski definition) is 4. The van der Waals surface area contributed by atoms with Gasteiger partial charge in [0.25, 0.3) is 11.8 Å². The monoisotopic (exact) mass is 588 g/mol. The first-order valence-corrected chi connectivity index (χ1v) is 12.2. The number of carbonyl (C=O) groups is 3. The summed E-state index contributed by atoms with van der Waals surface area (Å²) in [5.74, 6) is -0.549. The summed E-state index contributed by atoms with van der Waals surface area (Å²) in [6.07, 6.45) is 0.413. The number of benzene rings is 3. The van der Waals surface area contributed by atoms with Crippen LogP contribution in [0.25, 0.3) is 0 Å². The van der Waals surface area contributed by atoms with E-state index in [1.165, 1.54) is 9.80 Å². The quantitative estimate of drug-likeness (QED) is 0.282. The van der Waals surface area contributed by atoms with Crippen LogP contribution in [-0.2, 0) is 20.8 Å². The number of amides is 3. The van der Waals surface area contributed by atoms with E-state index in [0.717, 1.165) is 9.13 Å². The van der Waals surface area contributed by atoms with Gasteiger partial charge in [-0.05, 0) is 83.1 Å². The third-order valence-corrected chi connectivity index (χ3v) is 6.49. The molecule has 0 radical (unpaired) electrons. The molecule has 0 aliphatic carbocycles. The fraction of sp³-hybridized carbons (Fsp3) is 0.192. The molecule has 0 N–H and O–H groups in total. The van der Waals surface area contributed by atoms with E-state index in [1.807, 2.05) is 48.5 Å². The lowest BCUT2D eigenvalue weighted by Gasteiger charge is -2.28. The fourth-order valence-corrected chi connectivity index (χ4v) is 4.43.